The highest BCUT2D eigenvalue weighted by Gasteiger charge is 2.15. The van der Waals surface area contributed by atoms with Crippen LogP contribution in [0.4, 0.5) is 0 Å². The van der Waals surface area contributed by atoms with Gasteiger partial charge in [-0.2, -0.15) is 0 Å². The monoisotopic (exact) mass is 317 g/mol. The van der Waals surface area contributed by atoms with Gasteiger partial charge in [0.05, 0.1) is 19.2 Å². The number of ether oxygens (including phenoxy) is 2. The summed E-state index contributed by atoms with van der Waals surface area (Å²) < 4.78 is 11.5. The lowest BCUT2D eigenvalue weighted by Crippen LogP contribution is -2.12. The van der Waals surface area contributed by atoms with Gasteiger partial charge in [-0.05, 0) is 23.6 Å². The predicted molar refractivity (Wildman–Crippen MR) is 77.1 cm³/mol. The van der Waals surface area contributed by atoms with Gasteiger partial charge < -0.3 is 15.2 Å². The van der Waals surface area contributed by atoms with Crippen LogP contribution in [-0.2, 0) is 0 Å². The summed E-state index contributed by atoms with van der Waals surface area (Å²) in [5.74, 6) is 1.65. The number of thiocarbonyl (C=S) groups is 1. The number of halogens is 1. The summed E-state index contributed by atoms with van der Waals surface area (Å²) >= 11 is 8.45. The van der Waals surface area contributed by atoms with Gasteiger partial charge in [-0.3, -0.25) is 0 Å². The summed E-state index contributed by atoms with van der Waals surface area (Å²) in [5.41, 5.74) is 6.67. The van der Waals surface area contributed by atoms with Crippen molar-refractivity contribution in [2.24, 2.45) is 5.73 Å². The number of benzene rings is 1. The van der Waals surface area contributed by atoms with E-state index in [0.29, 0.717) is 22.9 Å². The van der Waals surface area contributed by atoms with Crippen molar-refractivity contribution in [3.8, 4) is 11.5 Å². The van der Waals surface area contributed by atoms with Gasteiger partial charge in [0.15, 0.2) is 11.5 Å². The third-order valence-corrected chi connectivity index (χ3v) is 3.39. The Morgan fingerprint density at radius 3 is 2.35 bits per heavy atom. The van der Waals surface area contributed by atoms with E-state index in [0.717, 1.165) is 10.0 Å². The van der Waals surface area contributed by atoms with Crippen molar-refractivity contribution in [3.63, 3.8) is 0 Å². The normalized spacial score (nSPS) is 12.0. The molecule has 1 aromatic carbocycles. The summed E-state index contributed by atoms with van der Waals surface area (Å²) in [5, 5.41) is 0. The Balaban J connectivity index is 3.11. The van der Waals surface area contributed by atoms with Crippen LogP contribution in [0.25, 0.3) is 0 Å². The van der Waals surface area contributed by atoms with Gasteiger partial charge in [-0.15, -0.1) is 0 Å². The zero-order valence-electron chi connectivity index (χ0n) is 10.1. The molecule has 0 aliphatic heterocycles. The fourth-order valence-corrected chi connectivity index (χ4v) is 2.62. The van der Waals surface area contributed by atoms with Crippen molar-refractivity contribution in [2.45, 2.75) is 19.3 Å². The zero-order valence-corrected chi connectivity index (χ0v) is 12.5. The molecule has 1 atom stereocenters. The molecule has 0 radical (unpaired) electrons. The van der Waals surface area contributed by atoms with Crippen LogP contribution in [0, 0.1) is 0 Å². The number of hydrogen-bond acceptors (Lipinski definition) is 3. The molecule has 0 saturated heterocycles. The molecule has 1 rings (SSSR count). The lowest BCUT2D eigenvalue weighted by Gasteiger charge is -2.16. The van der Waals surface area contributed by atoms with E-state index < -0.39 is 0 Å². The van der Waals surface area contributed by atoms with Crippen molar-refractivity contribution in [1.82, 2.24) is 0 Å². The first-order valence-corrected chi connectivity index (χ1v) is 6.39. The first kappa shape index (κ1) is 14.3. The molecule has 0 amide bonds. The van der Waals surface area contributed by atoms with Crippen molar-refractivity contribution >= 4 is 33.1 Å². The van der Waals surface area contributed by atoms with Crippen LogP contribution in [0.5, 0.6) is 11.5 Å². The molecule has 0 aliphatic rings. The predicted octanol–water partition coefficient (Wildman–Crippen LogP) is 3.25. The molecule has 94 valence electrons. The van der Waals surface area contributed by atoms with E-state index in [-0.39, 0.29) is 5.92 Å². The van der Waals surface area contributed by atoms with Crippen LogP contribution in [-0.4, -0.2) is 19.2 Å². The second-order valence-corrected chi connectivity index (χ2v) is 5.18. The van der Waals surface area contributed by atoms with Gasteiger partial charge in [0.25, 0.3) is 0 Å². The van der Waals surface area contributed by atoms with Crippen LogP contribution in [0.3, 0.4) is 0 Å². The Hall–Kier alpha value is -0.810. The second kappa shape index (κ2) is 6.21. The second-order valence-electron chi connectivity index (χ2n) is 3.80. The molecule has 0 saturated carbocycles. The summed E-state index contributed by atoms with van der Waals surface area (Å²) in [6, 6.07) is 3.84. The minimum Gasteiger partial charge on any atom is -0.493 e. The first-order chi connectivity index (χ1) is 7.99. The molecule has 2 N–H and O–H groups in total. The molecule has 3 nitrogen and oxygen atoms in total. The van der Waals surface area contributed by atoms with Crippen LogP contribution in [0.1, 0.15) is 24.8 Å². The molecule has 0 aliphatic carbocycles. The summed E-state index contributed by atoms with van der Waals surface area (Å²) in [6.45, 7) is 2.07. The fraction of sp³-hybridized carbons (Fsp3) is 0.417. The molecule has 5 heteroatoms. The summed E-state index contributed by atoms with van der Waals surface area (Å²) in [7, 11) is 3.23. The van der Waals surface area contributed by atoms with Gasteiger partial charge in [0.2, 0.25) is 0 Å². The van der Waals surface area contributed by atoms with Gasteiger partial charge in [-0.25, -0.2) is 0 Å². The third-order valence-electron chi connectivity index (χ3n) is 2.54. The van der Waals surface area contributed by atoms with Crippen LogP contribution >= 0.6 is 28.1 Å². The van der Waals surface area contributed by atoms with E-state index in [2.05, 4.69) is 22.9 Å². The molecule has 0 spiro atoms. The first-order valence-electron chi connectivity index (χ1n) is 5.19. The molecular formula is C12H16BrNO2S. The molecule has 0 aromatic heterocycles. The van der Waals surface area contributed by atoms with E-state index in [1.54, 1.807) is 14.2 Å². The van der Waals surface area contributed by atoms with E-state index >= 15 is 0 Å². The van der Waals surface area contributed by atoms with Crippen LogP contribution < -0.4 is 15.2 Å². The Labute approximate surface area is 115 Å². The lowest BCUT2D eigenvalue weighted by atomic mass is 9.97. The maximum atomic E-state index is 5.57. The highest BCUT2D eigenvalue weighted by atomic mass is 79.9. The van der Waals surface area contributed by atoms with Gasteiger partial charge in [0.1, 0.15) is 0 Å². The Bertz CT molecular complexity index is 423. The molecule has 0 bridgehead atoms. The third kappa shape index (κ3) is 3.57. The topological polar surface area (TPSA) is 44.5 Å². The smallest absolute Gasteiger partial charge is 0.161 e. The molecular weight excluding hydrogens is 302 g/mol. The minimum atomic E-state index is 0.238. The van der Waals surface area contributed by atoms with Gasteiger partial charge >= 0.3 is 0 Å². The highest BCUT2D eigenvalue weighted by molar-refractivity contribution is 9.10. The van der Waals surface area contributed by atoms with Gasteiger partial charge in [0, 0.05) is 10.9 Å². The Morgan fingerprint density at radius 1 is 1.35 bits per heavy atom. The SMILES string of the molecule is COc1cc(Br)c(C(C)CC(N)=S)cc1OC. The number of rotatable bonds is 5. The molecule has 17 heavy (non-hydrogen) atoms. The molecule has 1 unspecified atom stereocenters. The quantitative estimate of drug-likeness (QED) is 0.847. The van der Waals surface area contributed by atoms with Crippen molar-refractivity contribution in [3.05, 3.63) is 22.2 Å². The van der Waals surface area contributed by atoms with Gasteiger partial charge in [-0.1, -0.05) is 35.1 Å². The summed E-state index contributed by atoms with van der Waals surface area (Å²) in [6.07, 6.45) is 0.670. The maximum Gasteiger partial charge on any atom is 0.161 e. The zero-order chi connectivity index (χ0) is 13.0. The standard InChI is InChI=1S/C12H16BrNO2S/c1-7(4-12(14)17)8-5-10(15-2)11(16-3)6-9(8)13/h5-7H,4H2,1-3H3,(H2,14,17). The number of nitrogens with two attached hydrogens (primary N) is 1. The highest BCUT2D eigenvalue weighted by Crippen LogP contribution is 2.37. The van der Waals surface area contributed by atoms with Crippen molar-refractivity contribution in [1.29, 1.82) is 0 Å². The summed E-state index contributed by atoms with van der Waals surface area (Å²) in [4.78, 5) is 0.513. The largest absolute Gasteiger partial charge is 0.493 e. The Kier molecular flexibility index (Phi) is 5.21. The van der Waals surface area contributed by atoms with Crippen LogP contribution in [0.15, 0.2) is 16.6 Å². The number of hydrogen-bond donors (Lipinski definition) is 1. The van der Waals surface area contributed by atoms with Crippen LogP contribution in [0.2, 0.25) is 0 Å². The van der Waals surface area contributed by atoms with E-state index in [1.165, 1.54) is 0 Å². The molecule has 0 heterocycles. The number of methoxy groups -OCH3 is 2. The maximum absolute atomic E-state index is 5.57. The van der Waals surface area contributed by atoms with E-state index in [1.807, 2.05) is 12.1 Å². The molecule has 0 fully saturated rings. The minimum absolute atomic E-state index is 0.238. The van der Waals surface area contributed by atoms with E-state index in [9.17, 15) is 0 Å². The average molecular weight is 318 g/mol. The van der Waals surface area contributed by atoms with Crippen molar-refractivity contribution in [2.75, 3.05) is 14.2 Å². The molecule has 1 aromatic rings. The Morgan fingerprint density at radius 2 is 1.88 bits per heavy atom. The van der Waals surface area contributed by atoms with Crippen molar-refractivity contribution < 1.29 is 9.47 Å². The van der Waals surface area contributed by atoms with E-state index in [4.69, 9.17) is 27.4 Å². The fourth-order valence-electron chi connectivity index (χ4n) is 1.66. The lowest BCUT2D eigenvalue weighted by molar-refractivity contribution is 0.354. The average Bonchev–Trinajstić information content (AvgIpc) is 2.27.